The average molecular weight is 362 g/mol. The summed E-state index contributed by atoms with van der Waals surface area (Å²) >= 11 is 0. The normalized spacial score (nSPS) is 10.3. The number of rotatable bonds is 7. The highest BCUT2D eigenvalue weighted by molar-refractivity contribution is 5.93. The standard InChI is InChI=1S/C21H22N4O2/c1-15-23-18(14-20(24-15)25-17-9-4-3-5-10-17)21(26)22-13-12-16-8-6-7-11-19(16)27-2/h3-11,14H,12-13H2,1-2H3,(H,22,26)(H,23,24,25). The highest BCUT2D eigenvalue weighted by atomic mass is 16.5. The zero-order chi connectivity index (χ0) is 19.1. The van der Waals surface area contributed by atoms with E-state index in [0.29, 0.717) is 30.3 Å². The maximum absolute atomic E-state index is 12.5. The lowest BCUT2D eigenvalue weighted by Gasteiger charge is -2.10. The van der Waals surface area contributed by atoms with Gasteiger partial charge >= 0.3 is 0 Å². The van der Waals surface area contributed by atoms with E-state index in [-0.39, 0.29) is 5.91 Å². The first-order valence-electron chi connectivity index (χ1n) is 8.73. The summed E-state index contributed by atoms with van der Waals surface area (Å²) in [5.41, 5.74) is 2.28. The van der Waals surface area contributed by atoms with Crippen LogP contribution < -0.4 is 15.4 Å². The Morgan fingerprint density at radius 3 is 2.56 bits per heavy atom. The van der Waals surface area contributed by atoms with E-state index in [1.54, 1.807) is 20.1 Å². The van der Waals surface area contributed by atoms with Crippen molar-refractivity contribution in [3.05, 3.63) is 77.7 Å². The van der Waals surface area contributed by atoms with Gasteiger partial charge < -0.3 is 15.4 Å². The molecule has 1 amide bonds. The van der Waals surface area contributed by atoms with Crippen LogP contribution in [-0.2, 0) is 6.42 Å². The second-order valence-electron chi connectivity index (χ2n) is 5.99. The number of benzene rings is 2. The van der Waals surface area contributed by atoms with E-state index < -0.39 is 0 Å². The fourth-order valence-electron chi connectivity index (χ4n) is 2.73. The van der Waals surface area contributed by atoms with Crippen molar-refractivity contribution in [2.75, 3.05) is 19.0 Å². The molecule has 2 N–H and O–H groups in total. The maximum atomic E-state index is 12.5. The molecule has 0 radical (unpaired) electrons. The molecular formula is C21H22N4O2. The van der Waals surface area contributed by atoms with Gasteiger partial charge in [-0.05, 0) is 37.1 Å². The van der Waals surface area contributed by atoms with E-state index in [0.717, 1.165) is 17.0 Å². The topological polar surface area (TPSA) is 76.1 Å². The van der Waals surface area contributed by atoms with Crippen LogP contribution in [0.1, 0.15) is 21.9 Å². The molecule has 0 saturated heterocycles. The van der Waals surface area contributed by atoms with Gasteiger partial charge in [-0.2, -0.15) is 0 Å². The summed E-state index contributed by atoms with van der Waals surface area (Å²) in [5, 5.41) is 6.09. The summed E-state index contributed by atoms with van der Waals surface area (Å²) < 4.78 is 5.33. The van der Waals surface area contributed by atoms with E-state index in [9.17, 15) is 4.79 Å². The van der Waals surface area contributed by atoms with Gasteiger partial charge in [-0.15, -0.1) is 0 Å². The quantitative estimate of drug-likeness (QED) is 0.673. The van der Waals surface area contributed by atoms with Gasteiger partial charge in [-0.3, -0.25) is 4.79 Å². The Kier molecular flexibility index (Phi) is 5.99. The molecule has 0 saturated carbocycles. The first-order chi connectivity index (χ1) is 13.2. The molecule has 0 fully saturated rings. The van der Waals surface area contributed by atoms with Crippen molar-refractivity contribution in [3.8, 4) is 5.75 Å². The summed E-state index contributed by atoms with van der Waals surface area (Å²) in [4.78, 5) is 21.1. The molecule has 3 aromatic rings. The molecule has 0 bridgehead atoms. The van der Waals surface area contributed by atoms with Gasteiger partial charge in [0.05, 0.1) is 7.11 Å². The molecule has 138 valence electrons. The van der Waals surface area contributed by atoms with Crippen molar-refractivity contribution in [3.63, 3.8) is 0 Å². The van der Waals surface area contributed by atoms with Crippen molar-refractivity contribution < 1.29 is 9.53 Å². The van der Waals surface area contributed by atoms with Gasteiger partial charge in [0.15, 0.2) is 0 Å². The minimum atomic E-state index is -0.230. The third kappa shape index (κ3) is 5.04. The highest BCUT2D eigenvalue weighted by Crippen LogP contribution is 2.17. The lowest BCUT2D eigenvalue weighted by Crippen LogP contribution is -2.27. The predicted octanol–water partition coefficient (Wildman–Crippen LogP) is 3.51. The number of carbonyl (C=O) groups is 1. The van der Waals surface area contributed by atoms with Crippen molar-refractivity contribution in [1.29, 1.82) is 0 Å². The Labute approximate surface area is 158 Å². The minimum Gasteiger partial charge on any atom is -0.496 e. The number of hydrogen-bond acceptors (Lipinski definition) is 5. The van der Waals surface area contributed by atoms with Gasteiger partial charge in [0.2, 0.25) is 0 Å². The molecule has 3 rings (SSSR count). The molecule has 0 aliphatic carbocycles. The van der Waals surface area contributed by atoms with Crippen LogP contribution in [0, 0.1) is 6.92 Å². The number of amides is 1. The van der Waals surface area contributed by atoms with Crippen LogP contribution in [0.2, 0.25) is 0 Å². The first-order valence-corrected chi connectivity index (χ1v) is 8.73. The summed E-state index contributed by atoms with van der Waals surface area (Å²) in [7, 11) is 1.64. The average Bonchev–Trinajstić information content (AvgIpc) is 2.68. The fraction of sp³-hybridized carbons (Fsp3) is 0.190. The smallest absolute Gasteiger partial charge is 0.270 e. The summed E-state index contributed by atoms with van der Waals surface area (Å²) in [5.74, 6) is 1.71. The molecule has 2 aromatic carbocycles. The molecule has 0 aliphatic rings. The number of anilines is 2. The van der Waals surface area contributed by atoms with Crippen LogP contribution in [0.5, 0.6) is 5.75 Å². The zero-order valence-electron chi connectivity index (χ0n) is 15.4. The number of hydrogen-bond donors (Lipinski definition) is 2. The number of nitrogens with one attached hydrogen (secondary N) is 2. The SMILES string of the molecule is COc1ccccc1CCNC(=O)c1cc(Nc2ccccc2)nc(C)n1. The van der Waals surface area contributed by atoms with E-state index in [1.165, 1.54) is 0 Å². The molecule has 0 spiro atoms. The molecule has 0 aliphatic heterocycles. The van der Waals surface area contributed by atoms with E-state index in [2.05, 4.69) is 20.6 Å². The van der Waals surface area contributed by atoms with Crippen LogP contribution in [0.4, 0.5) is 11.5 Å². The van der Waals surface area contributed by atoms with Crippen LogP contribution in [-0.4, -0.2) is 29.5 Å². The van der Waals surface area contributed by atoms with Gasteiger partial charge in [-0.25, -0.2) is 9.97 Å². The Balaban J connectivity index is 1.64. The van der Waals surface area contributed by atoms with E-state index >= 15 is 0 Å². The predicted molar refractivity (Wildman–Crippen MR) is 106 cm³/mol. The lowest BCUT2D eigenvalue weighted by molar-refractivity contribution is 0.0948. The third-order valence-electron chi connectivity index (χ3n) is 3.99. The Bertz CT molecular complexity index is 913. The number of aromatic nitrogens is 2. The number of nitrogens with zero attached hydrogens (tertiary/aromatic N) is 2. The number of para-hydroxylation sites is 2. The molecule has 1 heterocycles. The van der Waals surface area contributed by atoms with Gasteiger partial charge in [0.1, 0.15) is 23.1 Å². The molecule has 6 nitrogen and oxygen atoms in total. The highest BCUT2D eigenvalue weighted by Gasteiger charge is 2.11. The number of aryl methyl sites for hydroxylation is 1. The number of carbonyl (C=O) groups excluding carboxylic acids is 1. The van der Waals surface area contributed by atoms with Crippen molar-refractivity contribution >= 4 is 17.4 Å². The zero-order valence-corrected chi connectivity index (χ0v) is 15.4. The Hall–Kier alpha value is -3.41. The van der Waals surface area contributed by atoms with Crippen LogP contribution in [0.3, 0.4) is 0 Å². The second-order valence-corrected chi connectivity index (χ2v) is 5.99. The van der Waals surface area contributed by atoms with Crippen LogP contribution in [0.15, 0.2) is 60.7 Å². The lowest BCUT2D eigenvalue weighted by atomic mass is 10.1. The molecule has 6 heteroatoms. The van der Waals surface area contributed by atoms with Gasteiger partial charge in [-0.1, -0.05) is 36.4 Å². The minimum absolute atomic E-state index is 0.230. The molecule has 0 unspecified atom stereocenters. The molecule has 1 aromatic heterocycles. The maximum Gasteiger partial charge on any atom is 0.270 e. The first kappa shape index (κ1) is 18.4. The Morgan fingerprint density at radius 1 is 1.04 bits per heavy atom. The van der Waals surface area contributed by atoms with Gasteiger partial charge in [0.25, 0.3) is 5.91 Å². The summed E-state index contributed by atoms with van der Waals surface area (Å²) in [6.45, 7) is 2.26. The van der Waals surface area contributed by atoms with Gasteiger partial charge in [0, 0.05) is 18.3 Å². The van der Waals surface area contributed by atoms with E-state index in [4.69, 9.17) is 4.74 Å². The number of methoxy groups -OCH3 is 1. The second kappa shape index (κ2) is 8.80. The van der Waals surface area contributed by atoms with E-state index in [1.807, 2.05) is 54.6 Å². The number of ether oxygens (including phenoxy) is 1. The van der Waals surface area contributed by atoms with Crippen molar-refractivity contribution in [2.45, 2.75) is 13.3 Å². The molecule has 27 heavy (non-hydrogen) atoms. The fourth-order valence-corrected chi connectivity index (χ4v) is 2.73. The van der Waals surface area contributed by atoms with Crippen LogP contribution >= 0.6 is 0 Å². The molecular weight excluding hydrogens is 340 g/mol. The summed E-state index contributed by atoms with van der Waals surface area (Å²) in [6.07, 6.45) is 0.676. The third-order valence-corrected chi connectivity index (χ3v) is 3.99. The largest absolute Gasteiger partial charge is 0.496 e. The van der Waals surface area contributed by atoms with Crippen molar-refractivity contribution in [1.82, 2.24) is 15.3 Å². The summed E-state index contributed by atoms with van der Waals surface area (Å²) in [6, 6.07) is 19.1. The molecule has 0 atom stereocenters. The monoisotopic (exact) mass is 362 g/mol. The Morgan fingerprint density at radius 2 is 1.78 bits per heavy atom. The van der Waals surface area contributed by atoms with Crippen LogP contribution in [0.25, 0.3) is 0 Å². The van der Waals surface area contributed by atoms with Crippen molar-refractivity contribution in [2.24, 2.45) is 0 Å².